The summed E-state index contributed by atoms with van der Waals surface area (Å²) in [7, 11) is 0. The number of aromatic nitrogens is 1. The average Bonchev–Trinajstić information content (AvgIpc) is 3.15. The molecule has 1 aromatic heterocycles. The molecule has 0 radical (unpaired) electrons. The molecule has 2 heterocycles. The summed E-state index contributed by atoms with van der Waals surface area (Å²) < 4.78 is 34.0. The monoisotopic (exact) mass is 386 g/mol. The van der Waals surface area contributed by atoms with Gasteiger partial charge in [0.2, 0.25) is 0 Å². The molecule has 1 aromatic carbocycles. The Morgan fingerprint density at radius 3 is 2.50 bits per heavy atom. The van der Waals surface area contributed by atoms with E-state index < -0.39 is 11.6 Å². The van der Waals surface area contributed by atoms with Crippen LogP contribution in [0.1, 0.15) is 56.2 Å². The Kier molecular flexibility index (Phi) is 5.74. The molecule has 1 N–H and O–H groups in total. The highest BCUT2D eigenvalue weighted by Gasteiger charge is 2.48. The highest BCUT2D eigenvalue weighted by Crippen LogP contribution is 2.49. The van der Waals surface area contributed by atoms with Gasteiger partial charge in [0.05, 0.1) is 5.60 Å². The van der Waals surface area contributed by atoms with Crippen molar-refractivity contribution < 1.29 is 13.5 Å². The molecular weight excluding hydrogens is 358 g/mol. The minimum atomic E-state index is -0.497. The summed E-state index contributed by atoms with van der Waals surface area (Å²) in [6, 6.07) is 10.1. The van der Waals surface area contributed by atoms with Crippen molar-refractivity contribution >= 4 is 0 Å². The molecule has 1 aliphatic carbocycles. The molecule has 2 aliphatic rings. The van der Waals surface area contributed by atoms with Crippen LogP contribution in [0.25, 0.3) is 0 Å². The molecular formula is C23H28F2N2O. The van der Waals surface area contributed by atoms with E-state index in [-0.39, 0.29) is 23.1 Å². The van der Waals surface area contributed by atoms with Crippen molar-refractivity contribution in [2.45, 2.75) is 62.5 Å². The minimum absolute atomic E-state index is 0.0204. The Morgan fingerprint density at radius 2 is 1.79 bits per heavy atom. The van der Waals surface area contributed by atoms with E-state index in [2.05, 4.69) is 11.4 Å². The van der Waals surface area contributed by atoms with E-state index in [0.717, 1.165) is 44.4 Å². The van der Waals surface area contributed by atoms with Gasteiger partial charge in [-0.2, -0.15) is 0 Å². The van der Waals surface area contributed by atoms with E-state index in [1.54, 1.807) is 0 Å². The molecule has 1 saturated heterocycles. The maximum absolute atomic E-state index is 13.9. The van der Waals surface area contributed by atoms with Crippen LogP contribution in [0, 0.1) is 11.6 Å². The van der Waals surface area contributed by atoms with Crippen LogP contribution < -0.4 is 5.32 Å². The number of halogens is 2. The lowest BCUT2D eigenvalue weighted by molar-refractivity contribution is -0.104. The van der Waals surface area contributed by atoms with Crippen molar-refractivity contribution in [1.82, 2.24) is 10.3 Å². The van der Waals surface area contributed by atoms with Gasteiger partial charge in [-0.1, -0.05) is 25.0 Å². The Morgan fingerprint density at radius 1 is 1.00 bits per heavy atom. The Labute approximate surface area is 165 Å². The van der Waals surface area contributed by atoms with Crippen molar-refractivity contribution in [2.24, 2.45) is 0 Å². The van der Waals surface area contributed by atoms with Gasteiger partial charge >= 0.3 is 0 Å². The Hall–Kier alpha value is -1.85. The third kappa shape index (κ3) is 3.96. The van der Waals surface area contributed by atoms with E-state index >= 15 is 0 Å². The zero-order valence-corrected chi connectivity index (χ0v) is 16.2. The van der Waals surface area contributed by atoms with Gasteiger partial charge in [-0.25, -0.2) is 8.78 Å². The number of nitrogens with one attached hydrogen (secondary N) is 1. The highest BCUT2D eigenvalue weighted by atomic mass is 19.1. The SMILES string of the molecule is Fc1cccc(F)c1CNCC[C@@]1(c2ccccn2)CCOC2(CCCC2)C1. The number of pyridine rings is 1. The molecule has 4 rings (SSSR count). The predicted molar refractivity (Wildman–Crippen MR) is 105 cm³/mol. The third-order valence-electron chi connectivity index (χ3n) is 6.52. The maximum atomic E-state index is 13.9. The Bertz CT molecular complexity index is 772. The van der Waals surface area contributed by atoms with Crippen LogP contribution in [0.3, 0.4) is 0 Å². The van der Waals surface area contributed by atoms with Crippen LogP contribution >= 0.6 is 0 Å². The fourth-order valence-electron chi connectivity index (χ4n) is 5.04. The van der Waals surface area contributed by atoms with Gasteiger partial charge < -0.3 is 10.1 Å². The number of hydrogen-bond acceptors (Lipinski definition) is 3. The van der Waals surface area contributed by atoms with Gasteiger partial charge in [-0.3, -0.25) is 4.98 Å². The van der Waals surface area contributed by atoms with Crippen molar-refractivity contribution in [2.75, 3.05) is 13.2 Å². The molecule has 150 valence electrons. The summed E-state index contributed by atoms with van der Waals surface area (Å²) in [6.45, 7) is 1.62. The Balaban J connectivity index is 1.47. The summed E-state index contributed by atoms with van der Waals surface area (Å²) in [6.07, 6.45) is 9.34. The second-order valence-electron chi connectivity index (χ2n) is 8.29. The lowest BCUT2D eigenvalue weighted by Crippen LogP contribution is -2.47. The summed E-state index contributed by atoms with van der Waals surface area (Å²) in [5.41, 5.74) is 1.15. The van der Waals surface area contributed by atoms with Gasteiger partial charge in [0.15, 0.2) is 0 Å². The van der Waals surface area contributed by atoms with Crippen molar-refractivity contribution in [1.29, 1.82) is 0 Å². The van der Waals surface area contributed by atoms with Crippen molar-refractivity contribution in [3.63, 3.8) is 0 Å². The number of nitrogens with zero attached hydrogens (tertiary/aromatic N) is 1. The maximum Gasteiger partial charge on any atom is 0.130 e. The highest BCUT2D eigenvalue weighted by molar-refractivity contribution is 5.21. The molecule has 28 heavy (non-hydrogen) atoms. The first-order valence-electron chi connectivity index (χ1n) is 10.3. The quantitative estimate of drug-likeness (QED) is 0.717. The number of ether oxygens (including phenoxy) is 1. The number of benzene rings is 1. The second-order valence-corrected chi connectivity index (χ2v) is 8.29. The van der Waals surface area contributed by atoms with Gasteiger partial charge in [0.25, 0.3) is 0 Å². The molecule has 1 spiro atoms. The van der Waals surface area contributed by atoms with E-state index in [1.165, 1.54) is 31.0 Å². The first-order valence-corrected chi connectivity index (χ1v) is 10.3. The van der Waals surface area contributed by atoms with E-state index in [0.29, 0.717) is 6.54 Å². The largest absolute Gasteiger partial charge is 0.375 e. The van der Waals surface area contributed by atoms with Gasteiger partial charge in [0.1, 0.15) is 11.6 Å². The van der Waals surface area contributed by atoms with Crippen molar-refractivity contribution in [3.05, 3.63) is 65.5 Å². The van der Waals surface area contributed by atoms with Crippen LogP contribution in [0.2, 0.25) is 0 Å². The van der Waals surface area contributed by atoms with E-state index in [1.807, 2.05) is 18.3 Å². The average molecular weight is 386 g/mol. The minimum Gasteiger partial charge on any atom is -0.375 e. The fraction of sp³-hybridized carbons (Fsp3) is 0.522. The third-order valence-corrected chi connectivity index (χ3v) is 6.52. The van der Waals surface area contributed by atoms with Gasteiger partial charge in [-0.15, -0.1) is 0 Å². The second kappa shape index (κ2) is 8.26. The summed E-state index contributed by atoms with van der Waals surface area (Å²) in [5.74, 6) is -0.995. The van der Waals surface area contributed by atoms with Crippen LogP contribution in [0.5, 0.6) is 0 Å². The topological polar surface area (TPSA) is 34.2 Å². The molecule has 0 unspecified atom stereocenters. The summed E-state index contributed by atoms with van der Waals surface area (Å²) >= 11 is 0. The first-order chi connectivity index (χ1) is 13.6. The molecule has 2 aromatic rings. The molecule has 2 fully saturated rings. The molecule has 5 heteroatoms. The molecule has 0 bridgehead atoms. The zero-order chi connectivity index (χ0) is 19.5. The number of rotatable bonds is 6. The van der Waals surface area contributed by atoms with E-state index in [9.17, 15) is 8.78 Å². The van der Waals surface area contributed by atoms with Crippen molar-refractivity contribution in [3.8, 4) is 0 Å². The smallest absolute Gasteiger partial charge is 0.130 e. The van der Waals surface area contributed by atoms with Crippen LogP contribution in [-0.4, -0.2) is 23.7 Å². The molecule has 1 aliphatic heterocycles. The zero-order valence-electron chi connectivity index (χ0n) is 16.2. The van der Waals surface area contributed by atoms with Crippen LogP contribution in [-0.2, 0) is 16.7 Å². The van der Waals surface area contributed by atoms with Crippen LogP contribution in [0.4, 0.5) is 8.78 Å². The predicted octanol–water partition coefficient (Wildman–Crippen LogP) is 4.90. The molecule has 1 saturated carbocycles. The first kappa shape index (κ1) is 19.5. The molecule has 0 amide bonds. The lowest BCUT2D eigenvalue weighted by atomic mass is 9.68. The van der Waals surface area contributed by atoms with Gasteiger partial charge in [0, 0.05) is 36.0 Å². The fourth-order valence-corrected chi connectivity index (χ4v) is 5.04. The molecule has 1 atom stereocenters. The normalized spacial score (nSPS) is 23.9. The lowest BCUT2D eigenvalue weighted by Gasteiger charge is -2.46. The number of hydrogen-bond donors (Lipinski definition) is 1. The molecule has 3 nitrogen and oxygen atoms in total. The van der Waals surface area contributed by atoms with Gasteiger partial charge in [-0.05, 0) is 62.9 Å². The van der Waals surface area contributed by atoms with E-state index in [4.69, 9.17) is 9.72 Å². The summed E-state index contributed by atoms with van der Waals surface area (Å²) in [4.78, 5) is 4.69. The summed E-state index contributed by atoms with van der Waals surface area (Å²) in [5, 5.41) is 3.26. The standard InChI is InChI=1S/C23H28F2N2O/c24-19-6-5-7-20(25)18(19)16-26-14-11-22(21-8-1-4-13-27-21)12-15-28-23(17-22)9-2-3-10-23/h1,4-8,13,26H,2-3,9-12,14-17H2/t22-/m1/s1. The van der Waals surface area contributed by atoms with Crippen LogP contribution in [0.15, 0.2) is 42.6 Å².